The predicted octanol–water partition coefficient (Wildman–Crippen LogP) is 2.56. The first-order valence-corrected chi connectivity index (χ1v) is 10.3. The van der Waals surface area contributed by atoms with E-state index in [1.54, 1.807) is 45.2 Å². The summed E-state index contributed by atoms with van der Waals surface area (Å²) >= 11 is 5.95. The molecule has 0 saturated heterocycles. The number of hydrogen-bond acceptors (Lipinski definition) is 3. The van der Waals surface area contributed by atoms with Crippen molar-refractivity contribution in [3.8, 4) is 0 Å². The second-order valence-electron chi connectivity index (χ2n) is 7.81. The van der Waals surface area contributed by atoms with Gasteiger partial charge in [-0.05, 0) is 28.8 Å². The number of carbonyl (C=O) groups is 3. The highest BCUT2D eigenvalue weighted by atomic mass is 35.5. The van der Waals surface area contributed by atoms with E-state index in [0.717, 1.165) is 16.7 Å². The fourth-order valence-electron chi connectivity index (χ4n) is 3.92. The number of likely N-dealkylation sites (N-methyl/N-ethyl adjacent to an activating group) is 1. The maximum absolute atomic E-state index is 13.0. The lowest BCUT2D eigenvalue weighted by atomic mass is 9.84. The van der Waals surface area contributed by atoms with E-state index in [4.69, 9.17) is 11.6 Å². The molecule has 0 radical (unpaired) electrons. The molecule has 0 spiro atoms. The summed E-state index contributed by atoms with van der Waals surface area (Å²) in [5.41, 5.74) is 3.37. The number of fused-ring (bicyclic) bond motifs is 1. The van der Waals surface area contributed by atoms with Crippen LogP contribution in [0.25, 0.3) is 0 Å². The number of carbonyl (C=O) groups excluding carboxylic acids is 3. The van der Waals surface area contributed by atoms with Crippen molar-refractivity contribution >= 4 is 29.3 Å². The summed E-state index contributed by atoms with van der Waals surface area (Å²) in [6.45, 7) is 0. The van der Waals surface area contributed by atoms with Crippen LogP contribution in [0.3, 0.4) is 0 Å². The van der Waals surface area contributed by atoms with Gasteiger partial charge in [0.2, 0.25) is 11.8 Å². The van der Waals surface area contributed by atoms with Crippen LogP contribution in [-0.4, -0.2) is 72.5 Å². The van der Waals surface area contributed by atoms with Gasteiger partial charge in [0.1, 0.15) is 11.9 Å². The van der Waals surface area contributed by atoms with Crippen molar-refractivity contribution in [3.63, 3.8) is 0 Å². The van der Waals surface area contributed by atoms with Gasteiger partial charge >= 0.3 is 0 Å². The van der Waals surface area contributed by atoms with Gasteiger partial charge in [0.15, 0.2) is 0 Å². The number of amides is 3. The van der Waals surface area contributed by atoms with Gasteiger partial charge in [0.25, 0.3) is 5.91 Å². The standard InChI is InChI=1S/C23H26ClN3O3/c1-25(2)22(29)16-11-9-15(10-12-16)21-18-8-6-5-7-17(18)13-19(23(30)26(3)4)27(21)20(28)14-24/h5-12,19,21H,13-14H2,1-4H3/t19-,21+/m1/s1. The van der Waals surface area contributed by atoms with E-state index >= 15 is 0 Å². The molecule has 0 aliphatic carbocycles. The van der Waals surface area contributed by atoms with Crippen molar-refractivity contribution < 1.29 is 14.4 Å². The summed E-state index contributed by atoms with van der Waals surface area (Å²) in [6, 6.07) is 13.9. The largest absolute Gasteiger partial charge is 0.347 e. The van der Waals surface area contributed by atoms with E-state index in [9.17, 15) is 14.4 Å². The molecule has 1 aliphatic rings. The number of alkyl halides is 1. The van der Waals surface area contributed by atoms with Gasteiger partial charge in [0, 0.05) is 40.2 Å². The normalized spacial score (nSPS) is 17.8. The van der Waals surface area contributed by atoms with Crippen LogP contribution in [0.1, 0.15) is 33.1 Å². The highest BCUT2D eigenvalue weighted by Gasteiger charge is 2.41. The Morgan fingerprint density at radius 2 is 1.60 bits per heavy atom. The first-order valence-electron chi connectivity index (χ1n) is 9.74. The Morgan fingerprint density at radius 3 is 2.17 bits per heavy atom. The van der Waals surface area contributed by atoms with E-state index in [2.05, 4.69) is 0 Å². The Morgan fingerprint density at radius 1 is 0.967 bits per heavy atom. The highest BCUT2D eigenvalue weighted by Crippen LogP contribution is 2.38. The lowest BCUT2D eigenvalue weighted by Gasteiger charge is -2.43. The third-order valence-corrected chi connectivity index (χ3v) is 5.61. The number of rotatable bonds is 4. The molecule has 0 fully saturated rings. The van der Waals surface area contributed by atoms with Gasteiger partial charge in [-0.1, -0.05) is 36.4 Å². The zero-order chi connectivity index (χ0) is 22.0. The second-order valence-corrected chi connectivity index (χ2v) is 8.08. The molecule has 3 amide bonds. The van der Waals surface area contributed by atoms with Crippen molar-refractivity contribution in [2.45, 2.75) is 18.5 Å². The first-order chi connectivity index (χ1) is 14.3. The summed E-state index contributed by atoms with van der Waals surface area (Å²) < 4.78 is 0. The molecular formula is C23H26ClN3O3. The molecule has 3 rings (SSSR count). The molecule has 30 heavy (non-hydrogen) atoms. The van der Waals surface area contributed by atoms with Crippen molar-refractivity contribution in [2.75, 3.05) is 34.1 Å². The summed E-state index contributed by atoms with van der Waals surface area (Å²) in [7, 11) is 6.77. The van der Waals surface area contributed by atoms with Crippen LogP contribution in [0.2, 0.25) is 0 Å². The maximum atomic E-state index is 13.0. The van der Waals surface area contributed by atoms with Crippen molar-refractivity contribution in [3.05, 3.63) is 70.8 Å². The van der Waals surface area contributed by atoms with Crippen LogP contribution < -0.4 is 0 Å². The Labute approximate surface area is 182 Å². The van der Waals surface area contributed by atoms with Gasteiger partial charge in [-0.2, -0.15) is 0 Å². The minimum Gasteiger partial charge on any atom is -0.347 e. The number of halogens is 1. The fourth-order valence-corrected chi connectivity index (χ4v) is 4.06. The highest BCUT2D eigenvalue weighted by molar-refractivity contribution is 6.27. The molecule has 158 valence electrons. The lowest BCUT2D eigenvalue weighted by Crippen LogP contribution is -2.54. The molecule has 2 aromatic carbocycles. The fraction of sp³-hybridized carbons (Fsp3) is 0.348. The molecule has 1 heterocycles. The van der Waals surface area contributed by atoms with Gasteiger partial charge in [0.05, 0.1) is 6.04 Å². The lowest BCUT2D eigenvalue weighted by molar-refractivity contribution is -0.145. The zero-order valence-corrected chi connectivity index (χ0v) is 18.4. The molecule has 0 saturated carbocycles. The van der Waals surface area contributed by atoms with Gasteiger partial charge in [-0.15, -0.1) is 11.6 Å². The van der Waals surface area contributed by atoms with E-state index in [1.165, 1.54) is 9.80 Å². The van der Waals surface area contributed by atoms with Crippen LogP contribution in [0.15, 0.2) is 48.5 Å². The molecule has 0 aromatic heterocycles. The van der Waals surface area contributed by atoms with Crippen LogP contribution in [0.5, 0.6) is 0 Å². The summed E-state index contributed by atoms with van der Waals surface area (Å²) in [5, 5.41) is 0. The third kappa shape index (κ3) is 4.05. The molecule has 0 bridgehead atoms. The SMILES string of the molecule is CN(C)C(=O)c1ccc([C@H]2c3ccccc3C[C@H](C(=O)N(C)C)N2C(=O)CCl)cc1. The van der Waals surface area contributed by atoms with Crippen LogP contribution in [-0.2, 0) is 16.0 Å². The number of benzene rings is 2. The molecule has 2 atom stereocenters. The van der Waals surface area contributed by atoms with Crippen LogP contribution >= 0.6 is 11.6 Å². The van der Waals surface area contributed by atoms with Gasteiger partial charge < -0.3 is 14.7 Å². The number of hydrogen-bond donors (Lipinski definition) is 0. The third-order valence-electron chi connectivity index (χ3n) is 5.38. The van der Waals surface area contributed by atoms with Gasteiger partial charge in [-0.25, -0.2) is 0 Å². The van der Waals surface area contributed by atoms with E-state index in [-0.39, 0.29) is 23.6 Å². The summed E-state index contributed by atoms with van der Waals surface area (Å²) in [6.07, 6.45) is 0.434. The predicted molar refractivity (Wildman–Crippen MR) is 116 cm³/mol. The Bertz CT molecular complexity index is 956. The first kappa shape index (κ1) is 21.8. The minimum absolute atomic E-state index is 0.0973. The summed E-state index contributed by atoms with van der Waals surface area (Å²) in [5.74, 6) is -0.760. The molecule has 0 N–H and O–H groups in total. The smallest absolute Gasteiger partial charge is 0.253 e. The Kier molecular flexibility index (Phi) is 6.46. The number of nitrogens with zero attached hydrogens (tertiary/aromatic N) is 3. The van der Waals surface area contributed by atoms with Crippen molar-refractivity contribution in [1.29, 1.82) is 0 Å². The van der Waals surface area contributed by atoms with E-state index in [0.29, 0.717) is 12.0 Å². The van der Waals surface area contributed by atoms with Crippen molar-refractivity contribution in [1.82, 2.24) is 14.7 Å². The Hall–Kier alpha value is -2.86. The molecule has 0 unspecified atom stereocenters. The second kappa shape index (κ2) is 8.88. The monoisotopic (exact) mass is 427 g/mol. The Balaban J connectivity index is 2.13. The minimum atomic E-state index is -0.644. The molecule has 6 nitrogen and oxygen atoms in total. The van der Waals surface area contributed by atoms with Crippen LogP contribution in [0.4, 0.5) is 0 Å². The average molecular weight is 428 g/mol. The van der Waals surface area contributed by atoms with Crippen LogP contribution in [0, 0.1) is 0 Å². The van der Waals surface area contributed by atoms with E-state index in [1.807, 2.05) is 36.4 Å². The molecule has 7 heteroatoms. The summed E-state index contributed by atoms with van der Waals surface area (Å²) in [4.78, 5) is 42.8. The maximum Gasteiger partial charge on any atom is 0.253 e. The topological polar surface area (TPSA) is 60.9 Å². The molecule has 2 aromatic rings. The zero-order valence-electron chi connectivity index (χ0n) is 17.6. The average Bonchev–Trinajstić information content (AvgIpc) is 2.76. The molecule has 1 aliphatic heterocycles. The van der Waals surface area contributed by atoms with Gasteiger partial charge in [-0.3, -0.25) is 14.4 Å². The van der Waals surface area contributed by atoms with E-state index < -0.39 is 12.1 Å². The van der Waals surface area contributed by atoms with Crippen molar-refractivity contribution in [2.24, 2.45) is 0 Å². The quantitative estimate of drug-likeness (QED) is 0.704. The molecular weight excluding hydrogens is 402 g/mol.